The molecule has 142 valence electrons. The smallest absolute Gasteiger partial charge is 0.325 e. The van der Waals surface area contributed by atoms with Gasteiger partial charge in [-0.15, -0.1) is 0 Å². The summed E-state index contributed by atoms with van der Waals surface area (Å²) in [4.78, 5) is 14.2. The van der Waals surface area contributed by atoms with Crippen molar-refractivity contribution in [3.63, 3.8) is 0 Å². The van der Waals surface area contributed by atoms with Crippen LogP contribution in [0.25, 0.3) is 0 Å². The molecule has 2 aliphatic rings. The Labute approximate surface area is 168 Å². The Balaban J connectivity index is 1.31. The van der Waals surface area contributed by atoms with Gasteiger partial charge in [-0.3, -0.25) is 4.79 Å². The van der Waals surface area contributed by atoms with Crippen molar-refractivity contribution in [2.75, 3.05) is 31.1 Å². The molecule has 1 saturated carbocycles. The SMILES string of the molecule is O=C(O)C1(NSN2CCN(c3ccc(Cl)cc3)CC2)CC1c1ccccc1. The van der Waals surface area contributed by atoms with Gasteiger partial charge in [0.15, 0.2) is 0 Å². The fourth-order valence-electron chi connectivity index (χ4n) is 3.58. The highest BCUT2D eigenvalue weighted by atomic mass is 35.5. The average molecular weight is 404 g/mol. The molecule has 2 atom stereocenters. The van der Waals surface area contributed by atoms with Crippen molar-refractivity contribution < 1.29 is 9.90 Å². The minimum Gasteiger partial charge on any atom is -0.480 e. The van der Waals surface area contributed by atoms with E-state index >= 15 is 0 Å². The maximum absolute atomic E-state index is 11.9. The third kappa shape index (κ3) is 3.94. The second kappa shape index (κ2) is 7.72. The van der Waals surface area contributed by atoms with E-state index in [1.807, 2.05) is 54.6 Å². The van der Waals surface area contributed by atoms with Crippen molar-refractivity contribution in [3.8, 4) is 0 Å². The van der Waals surface area contributed by atoms with Gasteiger partial charge in [0.2, 0.25) is 0 Å². The summed E-state index contributed by atoms with van der Waals surface area (Å²) < 4.78 is 5.46. The minimum absolute atomic E-state index is 0.0269. The number of hydrogen-bond acceptors (Lipinski definition) is 5. The first-order valence-electron chi connectivity index (χ1n) is 9.06. The van der Waals surface area contributed by atoms with Crippen LogP contribution in [-0.2, 0) is 4.79 Å². The zero-order valence-corrected chi connectivity index (χ0v) is 16.4. The second-order valence-electron chi connectivity index (χ2n) is 7.03. The average Bonchev–Trinajstić information content (AvgIpc) is 3.44. The van der Waals surface area contributed by atoms with Crippen LogP contribution in [0.15, 0.2) is 54.6 Å². The quantitative estimate of drug-likeness (QED) is 0.718. The summed E-state index contributed by atoms with van der Waals surface area (Å²) >= 11 is 7.41. The lowest BCUT2D eigenvalue weighted by Crippen LogP contribution is -2.46. The molecular weight excluding hydrogens is 382 g/mol. The molecule has 2 N–H and O–H groups in total. The van der Waals surface area contributed by atoms with Crippen molar-refractivity contribution in [2.24, 2.45) is 0 Å². The Morgan fingerprint density at radius 3 is 2.37 bits per heavy atom. The van der Waals surface area contributed by atoms with Gasteiger partial charge in [-0.2, -0.15) is 0 Å². The normalized spacial score (nSPS) is 25.4. The third-order valence-electron chi connectivity index (χ3n) is 5.33. The molecule has 2 aromatic rings. The molecule has 2 fully saturated rings. The van der Waals surface area contributed by atoms with Gasteiger partial charge in [0.25, 0.3) is 0 Å². The molecule has 0 amide bonds. The van der Waals surface area contributed by atoms with Gasteiger partial charge >= 0.3 is 5.97 Å². The number of anilines is 1. The van der Waals surface area contributed by atoms with Crippen LogP contribution in [0.5, 0.6) is 0 Å². The van der Waals surface area contributed by atoms with Crippen molar-refractivity contribution in [3.05, 3.63) is 65.2 Å². The fraction of sp³-hybridized carbons (Fsp3) is 0.350. The molecule has 0 spiro atoms. The Bertz CT molecular complexity index is 797. The monoisotopic (exact) mass is 403 g/mol. The van der Waals surface area contributed by atoms with Crippen LogP contribution in [0.1, 0.15) is 17.9 Å². The molecule has 1 aliphatic heterocycles. The van der Waals surface area contributed by atoms with E-state index in [0.29, 0.717) is 6.42 Å². The predicted molar refractivity (Wildman–Crippen MR) is 110 cm³/mol. The fourth-order valence-corrected chi connectivity index (χ4v) is 4.66. The number of carboxylic acid groups (broad SMARTS) is 1. The van der Waals surface area contributed by atoms with E-state index in [1.165, 1.54) is 17.8 Å². The van der Waals surface area contributed by atoms with Gasteiger partial charge in [0, 0.05) is 54.9 Å². The van der Waals surface area contributed by atoms with Crippen molar-refractivity contribution in [1.82, 2.24) is 9.03 Å². The zero-order chi connectivity index (χ0) is 18.9. The highest BCUT2D eigenvalue weighted by molar-refractivity contribution is 7.95. The third-order valence-corrected chi connectivity index (χ3v) is 6.66. The first-order chi connectivity index (χ1) is 13.1. The van der Waals surface area contributed by atoms with Crippen LogP contribution in [0.3, 0.4) is 0 Å². The highest BCUT2D eigenvalue weighted by Gasteiger charge is 2.61. The summed E-state index contributed by atoms with van der Waals surface area (Å²) in [7, 11) is 0. The summed E-state index contributed by atoms with van der Waals surface area (Å²) in [5, 5.41) is 10.5. The number of halogens is 1. The van der Waals surface area contributed by atoms with Gasteiger partial charge in [-0.1, -0.05) is 41.9 Å². The van der Waals surface area contributed by atoms with E-state index in [2.05, 4.69) is 13.9 Å². The molecule has 2 unspecified atom stereocenters. The number of nitrogens with zero attached hydrogens (tertiary/aromatic N) is 2. The van der Waals surface area contributed by atoms with Crippen LogP contribution < -0.4 is 9.62 Å². The van der Waals surface area contributed by atoms with E-state index in [-0.39, 0.29) is 5.92 Å². The number of piperazine rings is 1. The van der Waals surface area contributed by atoms with Gasteiger partial charge in [0.05, 0.1) is 0 Å². The van der Waals surface area contributed by atoms with Crippen LogP contribution >= 0.6 is 23.7 Å². The largest absolute Gasteiger partial charge is 0.480 e. The number of aliphatic carboxylic acids is 1. The molecule has 1 saturated heterocycles. The lowest BCUT2D eigenvalue weighted by molar-refractivity contribution is -0.140. The van der Waals surface area contributed by atoms with E-state index in [4.69, 9.17) is 11.6 Å². The number of nitrogens with one attached hydrogen (secondary N) is 1. The number of carboxylic acids is 1. The molecule has 0 radical (unpaired) electrons. The summed E-state index contributed by atoms with van der Waals surface area (Å²) in [6, 6.07) is 17.8. The zero-order valence-electron chi connectivity index (χ0n) is 14.8. The molecule has 7 heteroatoms. The number of hydrogen-bond donors (Lipinski definition) is 2. The van der Waals surface area contributed by atoms with E-state index < -0.39 is 11.5 Å². The van der Waals surface area contributed by atoms with Crippen molar-refractivity contribution in [1.29, 1.82) is 0 Å². The molecule has 27 heavy (non-hydrogen) atoms. The first-order valence-corrected chi connectivity index (χ1v) is 10.2. The molecule has 4 rings (SSSR count). The highest BCUT2D eigenvalue weighted by Crippen LogP contribution is 2.52. The molecule has 1 heterocycles. The van der Waals surface area contributed by atoms with E-state index in [0.717, 1.165) is 36.8 Å². The Morgan fingerprint density at radius 1 is 1.07 bits per heavy atom. The second-order valence-corrected chi connectivity index (χ2v) is 8.37. The summed E-state index contributed by atoms with van der Waals surface area (Å²) in [5.41, 5.74) is 1.39. The number of carbonyl (C=O) groups is 1. The van der Waals surface area contributed by atoms with Crippen LogP contribution in [0.4, 0.5) is 5.69 Å². The van der Waals surface area contributed by atoms with Gasteiger partial charge in [0.1, 0.15) is 5.54 Å². The predicted octanol–water partition coefficient (Wildman–Crippen LogP) is 3.63. The van der Waals surface area contributed by atoms with Crippen LogP contribution in [0, 0.1) is 0 Å². The van der Waals surface area contributed by atoms with Crippen molar-refractivity contribution in [2.45, 2.75) is 17.9 Å². The Morgan fingerprint density at radius 2 is 1.74 bits per heavy atom. The molecule has 0 bridgehead atoms. The van der Waals surface area contributed by atoms with E-state index in [1.54, 1.807) is 0 Å². The first kappa shape index (κ1) is 18.6. The molecule has 5 nitrogen and oxygen atoms in total. The standard InChI is InChI=1S/C20H22ClN3O2S/c21-16-6-8-17(9-7-16)23-10-12-24(13-11-23)27-22-20(19(25)26)14-18(20)15-4-2-1-3-5-15/h1-9,18,22H,10-14H2,(H,25,26). The molecular formula is C20H22ClN3O2S. The number of rotatable bonds is 6. The minimum atomic E-state index is -0.862. The topological polar surface area (TPSA) is 55.8 Å². The lowest BCUT2D eigenvalue weighted by Gasteiger charge is -2.35. The van der Waals surface area contributed by atoms with Gasteiger partial charge in [-0.05, 0) is 36.2 Å². The maximum Gasteiger partial charge on any atom is 0.325 e. The summed E-state index contributed by atoms with van der Waals surface area (Å²) in [6.07, 6.45) is 0.629. The molecule has 0 aromatic heterocycles. The Hall–Kier alpha value is -1.73. The number of benzene rings is 2. The summed E-state index contributed by atoms with van der Waals surface area (Å²) in [6.45, 7) is 3.54. The maximum atomic E-state index is 11.9. The van der Waals surface area contributed by atoms with E-state index in [9.17, 15) is 9.90 Å². The van der Waals surface area contributed by atoms with Crippen LogP contribution in [-0.4, -0.2) is 47.1 Å². The summed E-state index contributed by atoms with van der Waals surface area (Å²) in [5.74, 6) is -0.747. The van der Waals surface area contributed by atoms with Gasteiger partial charge in [-0.25, -0.2) is 9.03 Å². The van der Waals surface area contributed by atoms with Crippen molar-refractivity contribution >= 4 is 35.4 Å². The Kier molecular flexibility index (Phi) is 5.32. The van der Waals surface area contributed by atoms with Gasteiger partial charge < -0.3 is 10.0 Å². The molecule has 2 aromatic carbocycles. The lowest BCUT2D eigenvalue weighted by atomic mass is 10.1. The van der Waals surface area contributed by atoms with Crippen LogP contribution in [0.2, 0.25) is 5.02 Å². The molecule has 1 aliphatic carbocycles.